The SMILES string of the molecule is Cc1ccc(C2(c3cccc(Cl)c3Cl)CCCCC2)nn1. The van der Waals surface area contributed by atoms with Crippen LogP contribution in [0.5, 0.6) is 0 Å². The maximum atomic E-state index is 6.52. The van der Waals surface area contributed by atoms with Gasteiger partial charge in [-0.1, -0.05) is 54.6 Å². The van der Waals surface area contributed by atoms with Crippen LogP contribution in [-0.4, -0.2) is 10.2 Å². The van der Waals surface area contributed by atoms with E-state index >= 15 is 0 Å². The molecule has 110 valence electrons. The summed E-state index contributed by atoms with van der Waals surface area (Å²) in [5.41, 5.74) is 2.88. The van der Waals surface area contributed by atoms with Gasteiger partial charge in [-0.3, -0.25) is 0 Å². The molecule has 0 atom stereocenters. The summed E-state index contributed by atoms with van der Waals surface area (Å²) in [4.78, 5) is 0. The largest absolute Gasteiger partial charge is 0.156 e. The molecule has 1 heterocycles. The van der Waals surface area contributed by atoms with Crippen molar-refractivity contribution in [3.05, 3.63) is 57.3 Å². The fourth-order valence-electron chi connectivity index (χ4n) is 3.35. The minimum absolute atomic E-state index is 0.152. The van der Waals surface area contributed by atoms with Crippen molar-refractivity contribution in [1.29, 1.82) is 0 Å². The topological polar surface area (TPSA) is 25.8 Å². The zero-order valence-electron chi connectivity index (χ0n) is 12.1. The van der Waals surface area contributed by atoms with E-state index in [1.807, 2.05) is 25.1 Å². The van der Waals surface area contributed by atoms with Gasteiger partial charge < -0.3 is 0 Å². The molecule has 1 saturated carbocycles. The molecule has 0 radical (unpaired) electrons. The van der Waals surface area contributed by atoms with Crippen LogP contribution in [0.1, 0.15) is 49.1 Å². The number of halogens is 2. The minimum Gasteiger partial charge on any atom is -0.156 e. The second kappa shape index (κ2) is 5.94. The minimum atomic E-state index is -0.152. The van der Waals surface area contributed by atoms with Crippen LogP contribution in [0.25, 0.3) is 0 Å². The van der Waals surface area contributed by atoms with Gasteiger partial charge in [0.25, 0.3) is 0 Å². The van der Waals surface area contributed by atoms with Crippen LogP contribution in [0.4, 0.5) is 0 Å². The quantitative estimate of drug-likeness (QED) is 0.746. The molecule has 1 aliphatic carbocycles. The van der Waals surface area contributed by atoms with E-state index in [9.17, 15) is 0 Å². The van der Waals surface area contributed by atoms with Crippen molar-refractivity contribution in [2.75, 3.05) is 0 Å². The molecule has 2 aromatic rings. The number of aromatic nitrogens is 2. The summed E-state index contributed by atoms with van der Waals surface area (Å²) in [6.07, 6.45) is 5.71. The summed E-state index contributed by atoms with van der Waals surface area (Å²) in [5, 5.41) is 9.99. The Morgan fingerprint density at radius 3 is 2.38 bits per heavy atom. The monoisotopic (exact) mass is 320 g/mol. The van der Waals surface area contributed by atoms with E-state index in [1.54, 1.807) is 0 Å². The van der Waals surface area contributed by atoms with Crippen molar-refractivity contribution in [2.24, 2.45) is 0 Å². The van der Waals surface area contributed by atoms with Gasteiger partial charge in [-0.25, -0.2) is 0 Å². The van der Waals surface area contributed by atoms with E-state index in [-0.39, 0.29) is 5.41 Å². The zero-order chi connectivity index (χ0) is 14.9. The van der Waals surface area contributed by atoms with Gasteiger partial charge in [0.1, 0.15) is 0 Å². The average molecular weight is 321 g/mol. The maximum Gasteiger partial charge on any atom is 0.0737 e. The first-order chi connectivity index (χ1) is 10.1. The Morgan fingerprint density at radius 1 is 0.952 bits per heavy atom. The van der Waals surface area contributed by atoms with Crippen LogP contribution in [0.2, 0.25) is 10.0 Å². The van der Waals surface area contributed by atoms with Gasteiger partial charge in [-0.2, -0.15) is 10.2 Å². The lowest BCUT2D eigenvalue weighted by Crippen LogP contribution is -2.32. The molecule has 4 heteroatoms. The van der Waals surface area contributed by atoms with E-state index in [0.29, 0.717) is 10.0 Å². The van der Waals surface area contributed by atoms with E-state index in [2.05, 4.69) is 22.3 Å². The van der Waals surface area contributed by atoms with Crippen LogP contribution < -0.4 is 0 Å². The molecule has 0 amide bonds. The Balaban J connectivity index is 2.17. The Labute approximate surface area is 135 Å². The molecule has 0 unspecified atom stereocenters. The molecule has 1 aromatic carbocycles. The molecular formula is C17H18Cl2N2. The standard InChI is InChI=1S/C17H18Cl2N2/c1-12-8-9-15(21-20-12)17(10-3-2-4-11-17)13-6-5-7-14(18)16(13)19/h5-9H,2-4,10-11H2,1H3. The fraction of sp³-hybridized carbons (Fsp3) is 0.412. The van der Waals surface area contributed by atoms with Crippen LogP contribution >= 0.6 is 23.2 Å². The van der Waals surface area contributed by atoms with Crippen molar-refractivity contribution in [3.63, 3.8) is 0 Å². The number of aryl methyl sites for hydroxylation is 1. The van der Waals surface area contributed by atoms with Gasteiger partial charge >= 0.3 is 0 Å². The molecule has 0 aliphatic heterocycles. The maximum absolute atomic E-state index is 6.52. The molecule has 2 nitrogen and oxygen atoms in total. The number of hydrogen-bond acceptors (Lipinski definition) is 2. The van der Waals surface area contributed by atoms with Crippen LogP contribution in [0, 0.1) is 6.92 Å². The van der Waals surface area contributed by atoms with Gasteiger partial charge in [-0.05, 0) is 43.5 Å². The molecule has 21 heavy (non-hydrogen) atoms. The Morgan fingerprint density at radius 2 is 1.71 bits per heavy atom. The van der Waals surface area contributed by atoms with Crippen LogP contribution in [-0.2, 0) is 5.41 Å². The van der Waals surface area contributed by atoms with Crippen molar-refractivity contribution < 1.29 is 0 Å². The van der Waals surface area contributed by atoms with Gasteiger partial charge in [0.2, 0.25) is 0 Å². The summed E-state index contributed by atoms with van der Waals surface area (Å²) in [7, 11) is 0. The normalized spacial score (nSPS) is 17.7. The molecule has 1 aromatic heterocycles. The first kappa shape index (κ1) is 14.8. The zero-order valence-corrected chi connectivity index (χ0v) is 13.6. The first-order valence-electron chi connectivity index (χ1n) is 7.39. The van der Waals surface area contributed by atoms with E-state index in [0.717, 1.165) is 29.8 Å². The highest BCUT2D eigenvalue weighted by Crippen LogP contribution is 2.47. The molecule has 0 bridgehead atoms. The molecular weight excluding hydrogens is 303 g/mol. The van der Waals surface area contributed by atoms with Crippen molar-refractivity contribution in [2.45, 2.75) is 44.4 Å². The molecule has 1 fully saturated rings. The number of hydrogen-bond donors (Lipinski definition) is 0. The third-order valence-corrected chi connectivity index (χ3v) is 5.28. The third-order valence-electron chi connectivity index (χ3n) is 4.46. The van der Waals surface area contributed by atoms with Crippen LogP contribution in [0.3, 0.4) is 0 Å². The van der Waals surface area contributed by atoms with Crippen molar-refractivity contribution >= 4 is 23.2 Å². The number of benzene rings is 1. The van der Waals surface area contributed by atoms with E-state index in [4.69, 9.17) is 23.2 Å². The molecule has 3 rings (SSSR count). The molecule has 1 aliphatic rings. The van der Waals surface area contributed by atoms with Gasteiger partial charge in [0, 0.05) is 5.41 Å². The smallest absolute Gasteiger partial charge is 0.0737 e. The summed E-state index contributed by atoms with van der Waals surface area (Å²) >= 11 is 12.8. The van der Waals surface area contributed by atoms with Crippen LogP contribution in [0.15, 0.2) is 30.3 Å². The third kappa shape index (κ3) is 2.67. The lowest BCUT2D eigenvalue weighted by atomic mass is 9.67. The highest BCUT2D eigenvalue weighted by molar-refractivity contribution is 6.42. The fourth-order valence-corrected chi connectivity index (χ4v) is 3.83. The summed E-state index contributed by atoms with van der Waals surface area (Å²) < 4.78 is 0. The van der Waals surface area contributed by atoms with E-state index in [1.165, 1.54) is 19.3 Å². The average Bonchev–Trinajstić information content (AvgIpc) is 2.51. The Hall–Kier alpha value is -1.12. The van der Waals surface area contributed by atoms with E-state index < -0.39 is 0 Å². The van der Waals surface area contributed by atoms with Gasteiger partial charge in [0.05, 0.1) is 21.4 Å². The Kier molecular flexibility index (Phi) is 4.19. The lowest BCUT2D eigenvalue weighted by Gasteiger charge is -2.37. The lowest BCUT2D eigenvalue weighted by molar-refractivity contribution is 0.336. The van der Waals surface area contributed by atoms with Gasteiger partial charge in [0.15, 0.2) is 0 Å². The second-order valence-electron chi connectivity index (χ2n) is 5.80. The highest BCUT2D eigenvalue weighted by Gasteiger charge is 2.39. The van der Waals surface area contributed by atoms with Crippen molar-refractivity contribution in [3.8, 4) is 0 Å². The summed E-state index contributed by atoms with van der Waals surface area (Å²) in [6, 6.07) is 10.0. The summed E-state index contributed by atoms with van der Waals surface area (Å²) in [6.45, 7) is 1.96. The van der Waals surface area contributed by atoms with Gasteiger partial charge in [-0.15, -0.1) is 0 Å². The molecule has 0 spiro atoms. The number of nitrogens with zero attached hydrogens (tertiary/aromatic N) is 2. The van der Waals surface area contributed by atoms with Crippen molar-refractivity contribution in [1.82, 2.24) is 10.2 Å². The predicted molar refractivity (Wildman–Crippen MR) is 87.1 cm³/mol. The molecule has 0 N–H and O–H groups in total. The highest BCUT2D eigenvalue weighted by atomic mass is 35.5. The first-order valence-corrected chi connectivity index (χ1v) is 8.14. The second-order valence-corrected chi connectivity index (χ2v) is 6.59. The predicted octanol–water partition coefficient (Wildman–Crippen LogP) is 5.34. The number of rotatable bonds is 2. The molecule has 0 saturated heterocycles. The summed E-state index contributed by atoms with van der Waals surface area (Å²) in [5.74, 6) is 0. The Bertz CT molecular complexity index is 632.